The molecular formula is C22H16F3N3O3S. The molecule has 3 aromatic rings. The average molecular weight is 459 g/mol. The van der Waals surface area contributed by atoms with Crippen LogP contribution in [0.15, 0.2) is 88.9 Å². The molecule has 0 radical (unpaired) electrons. The monoisotopic (exact) mass is 459 g/mol. The molecule has 4 rings (SSSR count). The van der Waals surface area contributed by atoms with Crippen molar-refractivity contribution < 1.29 is 26.4 Å². The van der Waals surface area contributed by atoms with Crippen molar-refractivity contribution in [3.05, 3.63) is 95.6 Å². The molecule has 164 valence electrons. The third kappa shape index (κ3) is 4.22. The number of halogens is 3. The Morgan fingerprint density at radius 3 is 2.34 bits per heavy atom. The summed E-state index contributed by atoms with van der Waals surface area (Å²) in [6.45, 7) is -0.705. The van der Waals surface area contributed by atoms with Crippen LogP contribution in [0.1, 0.15) is 16.7 Å². The Bertz CT molecular complexity index is 1310. The number of benzene rings is 3. The maximum atomic E-state index is 13.0. The Labute approximate surface area is 182 Å². The number of carbonyl (C=O) groups is 1. The molecule has 10 heteroatoms. The summed E-state index contributed by atoms with van der Waals surface area (Å²) in [6.07, 6.45) is -4.57. The lowest BCUT2D eigenvalue weighted by Gasteiger charge is -2.26. The number of rotatable bonds is 4. The standard InChI is InChI=1S/C22H16F3N3O3S/c23-22(24,25)16-9-6-10-17(13-16)26-20(29)14-28-27-21(15-7-2-1-3-8-15)18-11-4-5-12-19(18)32(28,30)31/h1-13H,14H2,(H,26,29). The number of carbonyl (C=O) groups excluding carboxylic acids is 1. The summed E-state index contributed by atoms with van der Waals surface area (Å²) in [4.78, 5) is 12.5. The van der Waals surface area contributed by atoms with Crippen molar-refractivity contribution in [3.8, 4) is 0 Å². The van der Waals surface area contributed by atoms with E-state index in [-0.39, 0.29) is 10.6 Å². The van der Waals surface area contributed by atoms with Gasteiger partial charge in [-0.1, -0.05) is 54.6 Å². The van der Waals surface area contributed by atoms with Gasteiger partial charge < -0.3 is 5.32 Å². The minimum atomic E-state index is -4.57. The highest BCUT2D eigenvalue weighted by Gasteiger charge is 2.34. The number of amides is 1. The Morgan fingerprint density at radius 2 is 1.62 bits per heavy atom. The predicted octanol–water partition coefficient (Wildman–Crippen LogP) is 4.10. The van der Waals surface area contributed by atoms with Crippen molar-refractivity contribution in [1.29, 1.82) is 0 Å². The van der Waals surface area contributed by atoms with Crippen molar-refractivity contribution in [2.24, 2.45) is 5.10 Å². The topological polar surface area (TPSA) is 78.8 Å². The Hall–Kier alpha value is -3.66. The number of nitrogens with zero attached hydrogens (tertiary/aromatic N) is 2. The molecule has 1 amide bonds. The zero-order chi connectivity index (χ0) is 22.9. The Balaban J connectivity index is 1.65. The highest BCUT2D eigenvalue weighted by molar-refractivity contribution is 7.89. The summed E-state index contributed by atoms with van der Waals surface area (Å²) >= 11 is 0. The highest BCUT2D eigenvalue weighted by Crippen LogP contribution is 2.31. The van der Waals surface area contributed by atoms with Crippen molar-refractivity contribution in [2.45, 2.75) is 11.1 Å². The van der Waals surface area contributed by atoms with Gasteiger partial charge in [0, 0.05) is 16.8 Å². The van der Waals surface area contributed by atoms with Crippen LogP contribution in [-0.2, 0) is 21.0 Å². The number of sulfonamides is 1. The maximum absolute atomic E-state index is 13.0. The Kier molecular flexibility index (Phi) is 5.47. The van der Waals surface area contributed by atoms with Gasteiger partial charge in [0.15, 0.2) is 0 Å². The summed E-state index contributed by atoms with van der Waals surface area (Å²) in [7, 11) is -4.14. The van der Waals surface area contributed by atoms with E-state index in [0.29, 0.717) is 21.3 Å². The summed E-state index contributed by atoms with van der Waals surface area (Å²) in [6, 6.07) is 19.2. The van der Waals surface area contributed by atoms with E-state index in [1.807, 2.05) is 0 Å². The van der Waals surface area contributed by atoms with E-state index < -0.39 is 34.2 Å². The highest BCUT2D eigenvalue weighted by atomic mass is 32.2. The molecule has 1 N–H and O–H groups in total. The summed E-state index contributed by atoms with van der Waals surface area (Å²) < 4.78 is 65.5. The zero-order valence-corrected chi connectivity index (χ0v) is 17.2. The number of fused-ring (bicyclic) bond motifs is 1. The van der Waals surface area contributed by atoms with Crippen LogP contribution in [0.25, 0.3) is 0 Å². The first-order valence-electron chi connectivity index (χ1n) is 9.39. The smallest absolute Gasteiger partial charge is 0.324 e. The van der Waals surface area contributed by atoms with Gasteiger partial charge in [0.1, 0.15) is 12.3 Å². The lowest BCUT2D eigenvalue weighted by molar-refractivity contribution is -0.137. The van der Waals surface area contributed by atoms with Crippen molar-refractivity contribution in [1.82, 2.24) is 4.41 Å². The molecule has 1 heterocycles. The van der Waals surface area contributed by atoms with Crippen LogP contribution in [0.5, 0.6) is 0 Å². The second-order valence-corrected chi connectivity index (χ2v) is 8.73. The normalized spacial score (nSPS) is 15.0. The molecule has 0 aliphatic carbocycles. The van der Waals surface area contributed by atoms with Crippen LogP contribution in [0.4, 0.5) is 18.9 Å². The van der Waals surface area contributed by atoms with Crippen molar-refractivity contribution >= 4 is 27.3 Å². The lowest BCUT2D eigenvalue weighted by atomic mass is 10.0. The fraction of sp³-hybridized carbons (Fsp3) is 0.0909. The lowest BCUT2D eigenvalue weighted by Crippen LogP contribution is -2.38. The molecule has 0 aromatic heterocycles. The number of anilines is 1. The third-order valence-electron chi connectivity index (χ3n) is 4.71. The molecule has 1 aliphatic rings. The van der Waals surface area contributed by atoms with Crippen LogP contribution in [-0.4, -0.2) is 31.0 Å². The first-order valence-corrected chi connectivity index (χ1v) is 10.8. The summed E-state index contributed by atoms with van der Waals surface area (Å²) in [5.41, 5.74) is 0.375. The SMILES string of the molecule is O=C(CN1N=C(c2ccccc2)c2ccccc2S1(=O)=O)Nc1cccc(C(F)(F)F)c1. The molecule has 0 unspecified atom stereocenters. The van der Waals surface area contributed by atoms with E-state index in [4.69, 9.17) is 0 Å². The average Bonchev–Trinajstić information content (AvgIpc) is 2.76. The molecule has 0 saturated heterocycles. The van der Waals surface area contributed by atoms with Gasteiger partial charge >= 0.3 is 6.18 Å². The van der Waals surface area contributed by atoms with Crippen molar-refractivity contribution in [3.63, 3.8) is 0 Å². The number of hydrogen-bond donors (Lipinski definition) is 1. The number of hydrazone groups is 1. The van der Waals surface area contributed by atoms with Gasteiger partial charge in [-0.3, -0.25) is 4.79 Å². The molecular weight excluding hydrogens is 443 g/mol. The molecule has 3 aromatic carbocycles. The fourth-order valence-electron chi connectivity index (χ4n) is 3.25. The molecule has 0 spiro atoms. The van der Waals surface area contributed by atoms with Crippen LogP contribution in [0.3, 0.4) is 0 Å². The maximum Gasteiger partial charge on any atom is 0.416 e. The molecule has 1 aliphatic heterocycles. The quantitative estimate of drug-likeness (QED) is 0.638. The van der Waals surface area contributed by atoms with Crippen molar-refractivity contribution in [2.75, 3.05) is 11.9 Å². The largest absolute Gasteiger partial charge is 0.416 e. The van der Waals surface area contributed by atoms with Gasteiger partial charge in [-0.25, -0.2) is 0 Å². The van der Waals surface area contributed by atoms with E-state index in [1.54, 1.807) is 48.5 Å². The van der Waals surface area contributed by atoms with Crippen LogP contribution in [0, 0.1) is 0 Å². The van der Waals surface area contributed by atoms with Gasteiger partial charge in [-0.2, -0.15) is 31.1 Å². The summed E-state index contributed by atoms with van der Waals surface area (Å²) in [5.74, 6) is -0.830. The third-order valence-corrected chi connectivity index (χ3v) is 6.39. The minimum Gasteiger partial charge on any atom is -0.324 e. The van der Waals surface area contributed by atoms with Gasteiger partial charge in [-0.05, 0) is 24.3 Å². The number of hydrogen-bond acceptors (Lipinski definition) is 4. The van der Waals surface area contributed by atoms with Crippen LogP contribution >= 0.6 is 0 Å². The van der Waals surface area contributed by atoms with Gasteiger partial charge in [-0.15, -0.1) is 0 Å². The van der Waals surface area contributed by atoms with Gasteiger partial charge in [0.2, 0.25) is 5.91 Å². The van der Waals surface area contributed by atoms with Gasteiger partial charge in [0.25, 0.3) is 10.0 Å². The van der Waals surface area contributed by atoms with Gasteiger partial charge in [0.05, 0.1) is 10.5 Å². The van der Waals surface area contributed by atoms with Crippen LogP contribution in [0.2, 0.25) is 0 Å². The Morgan fingerprint density at radius 1 is 0.938 bits per heavy atom. The molecule has 0 bridgehead atoms. The number of alkyl halides is 3. The summed E-state index contributed by atoms with van der Waals surface area (Å²) in [5, 5.41) is 6.51. The minimum absolute atomic E-state index is 0.0132. The molecule has 6 nitrogen and oxygen atoms in total. The van der Waals surface area contributed by atoms with E-state index >= 15 is 0 Å². The predicted molar refractivity (Wildman–Crippen MR) is 112 cm³/mol. The zero-order valence-electron chi connectivity index (χ0n) is 16.4. The van der Waals surface area contributed by atoms with E-state index in [9.17, 15) is 26.4 Å². The van der Waals surface area contributed by atoms with Crippen LogP contribution < -0.4 is 5.32 Å². The molecule has 0 atom stereocenters. The van der Waals surface area contributed by atoms with E-state index in [2.05, 4.69) is 10.4 Å². The second-order valence-electron chi connectivity index (χ2n) is 6.92. The second kappa shape index (κ2) is 8.12. The van der Waals surface area contributed by atoms with E-state index in [1.165, 1.54) is 12.1 Å². The number of nitrogens with one attached hydrogen (secondary N) is 1. The fourth-order valence-corrected chi connectivity index (χ4v) is 4.64. The molecule has 32 heavy (non-hydrogen) atoms. The molecule has 0 saturated carbocycles. The molecule has 0 fully saturated rings. The first-order chi connectivity index (χ1) is 15.2. The van der Waals surface area contributed by atoms with E-state index in [0.717, 1.165) is 18.2 Å². The first kappa shape index (κ1) is 21.6.